The molecule has 51 heavy (non-hydrogen) atoms. The predicted molar refractivity (Wildman–Crippen MR) is 208 cm³/mol. The van der Waals surface area contributed by atoms with E-state index in [4.69, 9.17) is 0 Å². The molecule has 0 saturated heterocycles. The van der Waals surface area contributed by atoms with Crippen LogP contribution in [0, 0.1) is 0 Å². The Labute approximate surface area is 289 Å². The van der Waals surface area contributed by atoms with E-state index >= 15 is 14.4 Å². The molecule has 6 nitrogen and oxygen atoms in total. The number of rotatable bonds is 3. The molecule has 10 aromatic rings. The van der Waals surface area contributed by atoms with E-state index in [0.717, 1.165) is 17.1 Å². The molecule has 7 aromatic carbocycles. The van der Waals surface area contributed by atoms with Gasteiger partial charge in [0.15, 0.2) is 16.3 Å². The van der Waals surface area contributed by atoms with E-state index in [-0.39, 0.29) is 16.3 Å². The fourth-order valence-electron chi connectivity index (χ4n) is 7.91. The molecule has 0 aliphatic rings. The maximum absolute atomic E-state index is 15.3. The quantitative estimate of drug-likeness (QED) is 0.141. The fraction of sp³-hybridized carbons (Fsp3) is 0. The molecule has 0 saturated carbocycles. The molecule has 0 amide bonds. The molecule has 240 valence electrons. The first-order chi connectivity index (χ1) is 25.1. The van der Waals surface area contributed by atoms with Crippen LogP contribution < -0.4 is 16.3 Å². The lowest BCUT2D eigenvalue weighted by Gasteiger charge is -2.24. The van der Waals surface area contributed by atoms with Crippen molar-refractivity contribution in [2.75, 3.05) is 0 Å². The van der Waals surface area contributed by atoms with Gasteiger partial charge in [-0.15, -0.1) is 0 Å². The van der Waals surface area contributed by atoms with Crippen LogP contribution in [0.4, 0.5) is 0 Å². The SMILES string of the molecule is O=c1c2ccccc2n(-c2ccccc2)c2c1c1c(c(=O)c3ccccc3n1-c1ccccc1)c1c2c(=O)c2ccccc2n1-c1ccccc1. The summed E-state index contributed by atoms with van der Waals surface area (Å²) < 4.78 is 6.07. The second-order valence-electron chi connectivity index (χ2n) is 12.7. The summed E-state index contributed by atoms with van der Waals surface area (Å²) in [5.74, 6) is 0. The van der Waals surface area contributed by atoms with Crippen LogP contribution in [-0.2, 0) is 0 Å². The van der Waals surface area contributed by atoms with Gasteiger partial charge < -0.3 is 13.7 Å². The Morgan fingerprint density at radius 3 is 0.784 bits per heavy atom. The highest BCUT2D eigenvalue weighted by atomic mass is 16.1. The maximum Gasteiger partial charge on any atom is 0.199 e. The summed E-state index contributed by atoms with van der Waals surface area (Å²) in [6.07, 6.45) is 0. The standard InChI is InChI=1S/C45H27N3O3/c49-43-31-22-10-13-25-34(31)46(28-16-4-1-5-17-28)40-37(43)41-39(45(51)33-24-12-15-27-36(33)48(41)30-20-8-3-9-21-30)42-38(40)44(50)32-23-11-14-26-35(32)47(42)29-18-6-2-7-19-29/h1-27H. The number of nitrogens with zero attached hydrogens (tertiary/aromatic N) is 3. The van der Waals surface area contributed by atoms with Crippen LogP contribution in [0.2, 0.25) is 0 Å². The van der Waals surface area contributed by atoms with E-state index in [1.807, 2.05) is 177 Å². The number of aromatic nitrogens is 3. The average molecular weight is 658 g/mol. The summed E-state index contributed by atoms with van der Waals surface area (Å²) in [6.45, 7) is 0. The van der Waals surface area contributed by atoms with Gasteiger partial charge in [-0.25, -0.2) is 0 Å². The van der Waals surface area contributed by atoms with Crippen molar-refractivity contribution in [2.45, 2.75) is 0 Å². The first kappa shape index (κ1) is 28.9. The minimum Gasteiger partial charge on any atom is -0.308 e. The minimum atomic E-state index is -0.252. The zero-order chi connectivity index (χ0) is 34.2. The molecule has 6 heteroatoms. The van der Waals surface area contributed by atoms with Crippen LogP contribution in [-0.4, -0.2) is 13.7 Å². The van der Waals surface area contributed by atoms with Crippen molar-refractivity contribution in [3.63, 3.8) is 0 Å². The number of hydrogen-bond acceptors (Lipinski definition) is 3. The molecule has 3 aromatic heterocycles. The van der Waals surface area contributed by atoms with Gasteiger partial charge >= 0.3 is 0 Å². The van der Waals surface area contributed by atoms with Crippen molar-refractivity contribution >= 4 is 65.4 Å². The molecule has 3 heterocycles. The normalized spacial score (nSPS) is 11.8. The third-order valence-corrected chi connectivity index (χ3v) is 9.98. The van der Waals surface area contributed by atoms with E-state index in [9.17, 15) is 0 Å². The Bertz CT molecular complexity index is 2860. The highest BCUT2D eigenvalue weighted by Crippen LogP contribution is 2.39. The first-order valence-electron chi connectivity index (χ1n) is 16.8. The molecule has 0 atom stereocenters. The number of hydrogen-bond donors (Lipinski definition) is 0. The Morgan fingerprint density at radius 2 is 0.510 bits per heavy atom. The lowest BCUT2D eigenvalue weighted by Crippen LogP contribution is -2.21. The fourth-order valence-corrected chi connectivity index (χ4v) is 7.91. The van der Waals surface area contributed by atoms with Crippen molar-refractivity contribution in [2.24, 2.45) is 0 Å². The van der Waals surface area contributed by atoms with Crippen LogP contribution in [0.1, 0.15) is 0 Å². The number of para-hydroxylation sites is 6. The summed E-state index contributed by atoms with van der Waals surface area (Å²) in [5.41, 5.74) is 4.94. The van der Waals surface area contributed by atoms with Crippen LogP contribution in [0.3, 0.4) is 0 Å². The lowest BCUT2D eigenvalue weighted by molar-refractivity contribution is 1.14. The van der Waals surface area contributed by atoms with E-state index < -0.39 is 0 Å². The molecular weight excluding hydrogens is 631 g/mol. The monoisotopic (exact) mass is 657 g/mol. The highest BCUT2D eigenvalue weighted by Gasteiger charge is 2.28. The second kappa shape index (κ2) is 11.0. The van der Waals surface area contributed by atoms with E-state index in [1.165, 1.54) is 0 Å². The van der Waals surface area contributed by atoms with E-state index in [2.05, 4.69) is 0 Å². The van der Waals surface area contributed by atoms with E-state index in [1.54, 1.807) is 0 Å². The van der Waals surface area contributed by atoms with Gasteiger partial charge in [-0.2, -0.15) is 0 Å². The molecule has 0 bridgehead atoms. The smallest absolute Gasteiger partial charge is 0.199 e. The Balaban J connectivity index is 1.70. The zero-order valence-corrected chi connectivity index (χ0v) is 27.2. The summed E-state index contributed by atoms with van der Waals surface area (Å²) in [6, 6.07) is 51.9. The molecule has 0 radical (unpaired) electrons. The molecule has 0 fully saturated rings. The molecule has 0 aliphatic heterocycles. The Kier molecular flexibility index (Phi) is 6.23. The molecule has 0 aliphatic carbocycles. The van der Waals surface area contributed by atoms with Crippen LogP contribution >= 0.6 is 0 Å². The molecule has 10 rings (SSSR count). The summed E-state index contributed by atoms with van der Waals surface area (Å²) in [4.78, 5) is 45.8. The first-order valence-corrected chi connectivity index (χ1v) is 16.8. The molecule has 0 unspecified atom stereocenters. The Hall–Kier alpha value is -7.05. The van der Waals surface area contributed by atoms with Gasteiger partial charge in [0.25, 0.3) is 0 Å². The second-order valence-corrected chi connectivity index (χ2v) is 12.7. The van der Waals surface area contributed by atoms with Crippen LogP contribution in [0.25, 0.3) is 82.5 Å². The average Bonchev–Trinajstić information content (AvgIpc) is 3.19. The number of fused-ring (bicyclic) bond motifs is 9. The van der Waals surface area contributed by atoms with Crippen molar-refractivity contribution in [3.05, 3.63) is 194 Å². The van der Waals surface area contributed by atoms with Gasteiger partial charge in [0.2, 0.25) is 0 Å². The summed E-state index contributed by atoms with van der Waals surface area (Å²) in [7, 11) is 0. The number of benzene rings is 7. The van der Waals surface area contributed by atoms with Gasteiger partial charge in [0.1, 0.15) is 0 Å². The third-order valence-electron chi connectivity index (χ3n) is 9.98. The topological polar surface area (TPSA) is 66.0 Å². The molecule has 0 N–H and O–H groups in total. The summed E-state index contributed by atoms with van der Waals surface area (Å²) >= 11 is 0. The van der Waals surface area contributed by atoms with Gasteiger partial charge in [-0.05, 0) is 72.8 Å². The van der Waals surface area contributed by atoms with E-state index in [0.29, 0.717) is 65.4 Å². The highest BCUT2D eigenvalue weighted by molar-refractivity contribution is 6.27. The van der Waals surface area contributed by atoms with Crippen LogP contribution in [0.15, 0.2) is 178 Å². The third kappa shape index (κ3) is 4.01. The van der Waals surface area contributed by atoms with Crippen molar-refractivity contribution in [3.8, 4) is 17.1 Å². The zero-order valence-electron chi connectivity index (χ0n) is 27.2. The van der Waals surface area contributed by atoms with Crippen LogP contribution in [0.5, 0.6) is 0 Å². The van der Waals surface area contributed by atoms with Gasteiger partial charge in [-0.1, -0.05) is 91.0 Å². The van der Waals surface area contributed by atoms with Crippen molar-refractivity contribution < 1.29 is 0 Å². The summed E-state index contributed by atoms with van der Waals surface area (Å²) in [5, 5.41) is 2.37. The van der Waals surface area contributed by atoms with Crippen molar-refractivity contribution in [1.29, 1.82) is 0 Å². The minimum absolute atomic E-state index is 0.252. The number of pyridine rings is 3. The lowest BCUT2D eigenvalue weighted by atomic mass is 9.96. The van der Waals surface area contributed by atoms with Gasteiger partial charge in [0.05, 0.1) is 49.3 Å². The Morgan fingerprint density at radius 1 is 0.275 bits per heavy atom. The maximum atomic E-state index is 15.3. The molecule has 0 spiro atoms. The molecular formula is C45H27N3O3. The predicted octanol–water partition coefficient (Wildman–Crippen LogP) is 9.06. The largest absolute Gasteiger partial charge is 0.308 e. The van der Waals surface area contributed by atoms with Gasteiger partial charge in [-0.3, -0.25) is 14.4 Å². The van der Waals surface area contributed by atoms with Crippen molar-refractivity contribution in [1.82, 2.24) is 13.7 Å². The van der Waals surface area contributed by atoms with Gasteiger partial charge in [0, 0.05) is 33.2 Å².